The van der Waals surface area contributed by atoms with Gasteiger partial charge in [0.15, 0.2) is 0 Å². The van der Waals surface area contributed by atoms with Crippen LogP contribution in [0.3, 0.4) is 0 Å². The molecule has 2 N–H and O–H groups in total. The molecular formula is C12H17BrClNO. The predicted molar refractivity (Wildman–Crippen MR) is 71.8 cm³/mol. The zero-order valence-electron chi connectivity index (χ0n) is 9.50. The first-order valence-electron chi connectivity index (χ1n) is 5.34. The van der Waals surface area contributed by atoms with Crippen LogP contribution in [0.15, 0.2) is 22.7 Å². The minimum atomic E-state index is -0.267. The first-order valence-corrected chi connectivity index (χ1v) is 6.51. The van der Waals surface area contributed by atoms with Crippen molar-refractivity contribution in [1.82, 2.24) is 5.32 Å². The van der Waals surface area contributed by atoms with Crippen molar-refractivity contribution in [3.05, 3.63) is 33.3 Å². The van der Waals surface area contributed by atoms with Crippen LogP contribution in [-0.2, 0) is 6.54 Å². The average Bonchev–Trinajstić information content (AvgIpc) is 2.15. The molecule has 0 aliphatic carbocycles. The Bertz CT molecular complexity index is 344. The highest BCUT2D eigenvalue weighted by Crippen LogP contribution is 2.21. The summed E-state index contributed by atoms with van der Waals surface area (Å²) < 4.78 is 1.01. The second-order valence-corrected chi connectivity index (χ2v) is 5.39. The van der Waals surface area contributed by atoms with Gasteiger partial charge < -0.3 is 10.4 Å². The Kier molecular flexibility index (Phi) is 5.76. The Morgan fingerprint density at radius 1 is 1.44 bits per heavy atom. The summed E-state index contributed by atoms with van der Waals surface area (Å²) in [5, 5.41) is 13.3. The molecule has 0 saturated heterocycles. The van der Waals surface area contributed by atoms with E-state index in [-0.39, 0.29) is 6.10 Å². The minimum Gasteiger partial charge on any atom is -0.393 e. The molecule has 90 valence electrons. The summed E-state index contributed by atoms with van der Waals surface area (Å²) >= 11 is 9.34. The van der Waals surface area contributed by atoms with Crippen LogP contribution in [0.25, 0.3) is 0 Å². The fourth-order valence-corrected chi connectivity index (χ4v) is 2.37. The third-order valence-electron chi connectivity index (χ3n) is 2.35. The number of hydrogen-bond acceptors (Lipinski definition) is 2. The molecule has 0 fully saturated rings. The number of nitrogens with one attached hydrogen (secondary N) is 1. The molecule has 1 aromatic rings. The van der Waals surface area contributed by atoms with Crippen LogP contribution in [0.1, 0.15) is 25.8 Å². The molecule has 0 amide bonds. The topological polar surface area (TPSA) is 32.3 Å². The van der Waals surface area contributed by atoms with Gasteiger partial charge in [-0.15, -0.1) is 0 Å². The second kappa shape index (κ2) is 6.60. The largest absolute Gasteiger partial charge is 0.393 e. The van der Waals surface area contributed by atoms with E-state index in [1.54, 1.807) is 6.92 Å². The van der Waals surface area contributed by atoms with Crippen LogP contribution >= 0.6 is 27.5 Å². The van der Waals surface area contributed by atoms with Crippen LogP contribution in [0.4, 0.5) is 0 Å². The Morgan fingerprint density at radius 3 is 2.69 bits per heavy atom. The lowest BCUT2D eigenvalue weighted by Gasteiger charge is -2.16. The second-order valence-electron chi connectivity index (χ2n) is 4.10. The number of hydrogen-bond donors (Lipinski definition) is 2. The SMILES string of the molecule is CC(O)CC(C)NCc1ccc(Cl)cc1Br. The van der Waals surface area contributed by atoms with Gasteiger partial charge in [0.1, 0.15) is 0 Å². The molecule has 0 aromatic heterocycles. The summed E-state index contributed by atoms with van der Waals surface area (Å²) in [6, 6.07) is 6.05. The molecule has 0 heterocycles. The van der Waals surface area contributed by atoms with Gasteiger partial charge in [-0.1, -0.05) is 33.6 Å². The normalized spacial score (nSPS) is 14.8. The molecule has 2 unspecified atom stereocenters. The van der Waals surface area contributed by atoms with E-state index in [0.29, 0.717) is 6.04 Å². The molecule has 0 radical (unpaired) electrons. The van der Waals surface area contributed by atoms with Crippen molar-refractivity contribution in [3.8, 4) is 0 Å². The molecule has 1 aromatic carbocycles. The van der Waals surface area contributed by atoms with E-state index in [4.69, 9.17) is 11.6 Å². The number of aliphatic hydroxyl groups excluding tert-OH is 1. The number of halogens is 2. The summed E-state index contributed by atoms with van der Waals surface area (Å²) in [6.45, 7) is 4.64. The maximum atomic E-state index is 9.24. The van der Waals surface area contributed by atoms with Crippen molar-refractivity contribution >= 4 is 27.5 Å². The third kappa shape index (κ3) is 4.83. The van der Waals surface area contributed by atoms with E-state index in [0.717, 1.165) is 22.5 Å². The van der Waals surface area contributed by atoms with E-state index in [2.05, 4.69) is 28.2 Å². The molecular weight excluding hydrogens is 289 g/mol. The van der Waals surface area contributed by atoms with Crippen molar-refractivity contribution in [2.75, 3.05) is 0 Å². The molecule has 0 aliphatic heterocycles. The van der Waals surface area contributed by atoms with Crippen molar-refractivity contribution in [2.24, 2.45) is 0 Å². The summed E-state index contributed by atoms with van der Waals surface area (Å²) in [6.07, 6.45) is 0.488. The fourth-order valence-electron chi connectivity index (χ4n) is 1.54. The molecule has 4 heteroatoms. The Hall–Kier alpha value is -0.0900. The van der Waals surface area contributed by atoms with Gasteiger partial charge in [0.25, 0.3) is 0 Å². The van der Waals surface area contributed by atoms with Gasteiger partial charge in [-0.3, -0.25) is 0 Å². The van der Waals surface area contributed by atoms with Gasteiger partial charge in [0, 0.05) is 22.1 Å². The monoisotopic (exact) mass is 305 g/mol. The fraction of sp³-hybridized carbons (Fsp3) is 0.500. The van der Waals surface area contributed by atoms with E-state index >= 15 is 0 Å². The molecule has 1 rings (SSSR count). The first kappa shape index (κ1) is 14.0. The Balaban J connectivity index is 2.48. The van der Waals surface area contributed by atoms with Gasteiger partial charge in [-0.05, 0) is 38.0 Å². The zero-order chi connectivity index (χ0) is 12.1. The van der Waals surface area contributed by atoms with Crippen molar-refractivity contribution in [3.63, 3.8) is 0 Å². The number of rotatable bonds is 5. The van der Waals surface area contributed by atoms with Gasteiger partial charge in [0.2, 0.25) is 0 Å². The maximum Gasteiger partial charge on any atom is 0.0526 e. The molecule has 0 aliphatic rings. The summed E-state index contributed by atoms with van der Waals surface area (Å²) in [5.74, 6) is 0. The summed E-state index contributed by atoms with van der Waals surface area (Å²) in [5.41, 5.74) is 1.17. The van der Waals surface area contributed by atoms with Crippen molar-refractivity contribution < 1.29 is 5.11 Å². The van der Waals surface area contributed by atoms with Gasteiger partial charge in [0.05, 0.1) is 6.10 Å². The highest BCUT2D eigenvalue weighted by molar-refractivity contribution is 9.10. The highest BCUT2D eigenvalue weighted by atomic mass is 79.9. The Morgan fingerprint density at radius 2 is 2.12 bits per heavy atom. The van der Waals surface area contributed by atoms with Crippen LogP contribution < -0.4 is 5.32 Å². The highest BCUT2D eigenvalue weighted by Gasteiger charge is 2.06. The smallest absolute Gasteiger partial charge is 0.0526 e. The third-order valence-corrected chi connectivity index (χ3v) is 3.32. The molecule has 0 bridgehead atoms. The van der Waals surface area contributed by atoms with Crippen LogP contribution in [-0.4, -0.2) is 17.3 Å². The van der Waals surface area contributed by atoms with Crippen LogP contribution in [0, 0.1) is 0 Å². The lowest BCUT2D eigenvalue weighted by atomic mass is 10.1. The van der Waals surface area contributed by atoms with Gasteiger partial charge in [-0.2, -0.15) is 0 Å². The summed E-state index contributed by atoms with van der Waals surface area (Å²) in [7, 11) is 0. The molecule has 2 atom stereocenters. The average molecular weight is 307 g/mol. The zero-order valence-corrected chi connectivity index (χ0v) is 11.8. The number of aliphatic hydroxyl groups is 1. The first-order chi connectivity index (χ1) is 7.49. The molecule has 2 nitrogen and oxygen atoms in total. The molecule has 0 spiro atoms. The van der Waals surface area contributed by atoms with Crippen molar-refractivity contribution in [2.45, 2.75) is 39.0 Å². The maximum absolute atomic E-state index is 9.24. The van der Waals surface area contributed by atoms with Crippen LogP contribution in [0.5, 0.6) is 0 Å². The number of benzene rings is 1. The predicted octanol–water partition coefficient (Wildman–Crippen LogP) is 3.35. The Labute approximate surface area is 110 Å². The van der Waals surface area contributed by atoms with E-state index in [9.17, 15) is 5.11 Å². The van der Waals surface area contributed by atoms with E-state index in [1.807, 2.05) is 18.2 Å². The minimum absolute atomic E-state index is 0.267. The van der Waals surface area contributed by atoms with Crippen LogP contribution in [0.2, 0.25) is 5.02 Å². The lowest BCUT2D eigenvalue weighted by Crippen LogP contribution is -2.28. The quantitative estimate of drug-likeness (QED) is 0.874. The standard InChI is InChI=1S/C12H17BrClNO/c1-8(5-9(2)16)15-7-10-3-4-11(14)6-12(10)13/h3-4,6,8-9,15-16H,5,7H2,1-2H3. The van der Waals surface area contributed by atoms with Gasteiger partial charge in [-0.25, -0.2) is 0 Å². The van der Waals surface area contributed by atoms with E-state index in [1.165, 1.54) is 5.56 Å². The van der Waals surface area contributed by atoms with Crippen molar-refractivity contribution in [1.29, 1.82) is 0 Å². The molecule has 0 saturated carbocycles. The summed E-state index contributed by atoms with van der Waals surface area (Å²) in [4.78, 5) is 0. The molecule has 16 heavy (non-hydrogen) atoms. The lowest BCUT2D eigenvalue weighted by molar-refractivity contribution is 0.170. The van der Waals surface area contributed by atoms with Gasteiger partial charge >= 0.3 is 0 Å². The van der Waals surface area contributed by atoms with E-state index < -0.39 is 0 Å².